The number of nitrogens with zero attached hydrogens (tertiary/aromatic N) is 2. The van der Waals surface area contributed by atoms with Crippen molar-refractivity contribution in [2.24, 2.45) is 0 Å². The van der Waals surface area contributed by atoms with Crippen LogP contribution in [0.1, 0.15) is 63.0 Å². The molecule has 0 spiro atoms. The molecule has 2 aliphatic rings. The lowest BCUT2D eigenvalue weighted by Crippen LogP contribution is -2.41. The molecule has 5 nitrogen and oxygen atoms in total. The molecule has 3 rings (SSSR count). The van der Waals surface area contributed by atoms with Crippen molar-refractivity contribution in [3.63, 3.8) is 0 Å². The molecule has 26 heavy (non-hydrogen) atoms. The van der Waals surface area contributed by atoms with Crippen LogP contribution in [-0.2, 0) is 9.59 Å². The van der Waals surface area contributed by atoms with E-state index in [-0.39, 0.29) is 17.9 Å². The highest BCUT2D eigenvalue weighted by Crippen LogP contribution is 2.33. The Balaban J connectivity index is 1.64. The number of hydrogen-bond donors (Lipinski definition) is 0. The number of rotatable bonds is 5. The SMILES string of the molecule is COc1cccc(C2CCCCN2C(=O)CCN2CCCCCC2=O)c1. The lowest BCUT2D eigenvalue weighted by atomic mass is 9.94. The molecular weight excluding hydrogens is 328 g/mol. The Labute approximate surface area is 156 Å². The van der Waals surface area contributed by atoms with E-state index in [9.17, 15) is 9.59 Å². The van der Waals surface area contributed by atoms with Crippen LogP contribution in [0, 0.1) is 0 Å². The van der Waals surface area contributed by atoms with E-state index >= 15 is 0 Å². The quantitative estimate of drug-likeness (QED) is 0.809. The van der Waals surface area contributed by atoms with Crippen LogP contribution in [-0.4, -0.2) is 48.4 Å². The lowest BCUT2D eigenvalue weighted by molar-refractivity contribution is -0.136. The number of ether oxygens (including phenoxy) is 1. The minimum atomic E-state index is 0.117. The van der Waals surface area contributed by atoms with E-state index in [1.807, 2.05) is 28.0 Å². The van der Waals surface area contributed by atoms with Crippen LogP contribution in [0.25, 0.3) is 0 Å². The molecule has 1 unspecified atom stereocenters. The first-order valence-electron chi connectivity index (χ1n) is 9.90. The second-order valence-corrected chi connectivity index (χ2v) is 7.32. The van der Waals surface area contributed by atoms with Gasteiger partial charge in [0.2, 0.25) is 11.8 Å². The van der Waals surface area contributed by atoms with Gasteiger partial charge in [0.15, 0.2) is 0 Å². The zero-order valence-corrected chi connectivity index (χ0v) is 15.8. The molecule has 5 heteroatoms. The largest absolute Gasteiger partial charge is 0.497 e. The van der Waals surface area contributed by atoms with Gasteiger partial charge in [-0.05, 0) is 49.8 Å². The maximum atomic E-state index is 12.9. The molecular formula is C21H30N2O3. The third-order valence-electron chi connectivity index (χ3n) is 5.57. The Bertz CT molecular complexity index is 631. The maximum absolute atomic E-state index is 12.9. The summed E-state index contributed by atoms with van der Waals surface area (Å²) in [4.78, 5) is 29.0. The number of methoxy groups -OCH3 is 1. The van der Waals surface area contributed by atoms with Crippen molar-refractivity contribution in [3.8, 4) is 5.75 Å². The van der Waals surface area contributed by atoms with Crippen LogP contribution in [0.15, 0.2) is 24.3 Å². The minimum Gasteiger partial charge on any atom is -0.497 e. The fraction of sp³-hybridized carbons (Fsp3) is 0.619. The van der Waals surface area contributed by atoms with E-state index < -0.39 is 0 Å². The van der Waals surface area contributed by atoms with Gasteiger partial charge in [0.1, 0.15) is 5.75 Å². The van der Waals surface area contributed by atoms with E-state index in [2.05, 4.69) is 6.07 Å². The summed E-state index contributed by atoms with van der Waals surface area (Å²) in [6.45, 7) is 2.15. The van der Waals surface area contributed by atoms with Gasteiger partial charge in [-0.15, -0.1) is 0 Å². The first-order chi connectivity index (χ1) is 12.7. The fourth-order valence-corrected chi connectivity index (χ4v) is 4.07. The van der Waals surface area contributed by atoms with Crippen LogP contribution in [0.4, 0.5) is 0 Å². The van der Waals surface area contributed by atoms with Crippen molar-refractivity contribution in [1.29, 1.82) is 0 Å². The van der Waals surface area contributed by atoms with Crippen molar-refractivity contribution in [3.05, 3.63) is 29.8 Å². The summed E-state index contributed by atoms with van der Waals surface area (Å²) in [7, 11) is 1.67. The van der Waals surface area contributed by atoms with Crippen molar-refractivity contribution in [1.82, 2.24) is 9.80 Å². The number of amides is 2. The highest BCUT2D eigenvalue weighted by Gasteiger charge is 2.28. The maximum Gasteiger partial charge on any atom is 0.224 e. The first kappa shape index (κ1) is 18.7. The van der Waals surface area contributed by atoms with E-state index in [0.29, 0.717) is 19.4 Å². The van der Waals surface area contributed by atoms with Crippen LogP contribution in [0.3, 0.4) is 0 Å². The predicted octanol–water partition coefficient (Wildman–Crippen LogP) is 3.54. The third-order valence-corrected chi connectivity index (χ3v) is 5.57. The van der Waals surface area contributed by atoms with Crippen molar-refractivity contribution in [2.75, 3.05) is 26.7 Å². The Morgan fingerprint density at radius 2 is 2.00 bits per heavy atom. The first-order valence-corrected chi connectivity index (χ1v) is 9.90. The molecule has 1 aromatic carbocycles. The Kier molecular flexibility index (Phi) is 6.53. The monoisotopic (exact) mass is 358 g/mol. The molecule has 0 radical (unpaired) electrons. The van der Waals surface area contributed by atoms with Gasteiger partial charge >= 0.3 is 0 Å². The molecule has 2 heterocycles. The summed E-state index contributed by atoms with van der Waals surface area (Å²) in [5, 5.41) is 0. The van der Waals surface area contributed by atoms with Crippen LogP contribution in [0.5, 0.6) is 5.75 Å². The summed E-state index contributed by atoms with van der Waals surface area (Å²) >= 11 is 0. The van der Waals surface area contributed by atoms with Crippen LogP contribution < -0.4 is 4.74 Å². The third kappa shape index (κ3) is 4.57. The topological polar surface area (TPSA) is 49.9 Å². The fourth-order valence-electron chi connectivity index (χ4n) is 4.07. The number of carbonyl (C=O) groups excluding carboxylic acids is 2. The van der Waals surface area contributed by atoms with Gasteiger partial charge < -0.3 is 14.5 Å². The zero-order chi connectivity index (χ0) is 18.4. The second kappa shape index (κ2) is 9.06. The van der Waals surface area contributed by atoms with Gasteiger partial charge in [-0.2, -0.15) is 0 Å². The molecule has 2 aliphatic heterocycles. The summed E-state index contributed by atoms with van der Waals surface area (Å²) in [6.07, 6.45) is 7.37. The standard InChI is InChI=1S/C21H30N2O3/c1-26-18-9-7-8-17(16-18)19-10-4-6-14-23(19)21(25)12-15-22-13-5-2-3-11-20(22)24/h7-9,16,19H,2-6,10-15H2,1H3. The molecule has 142 valence electrons. The van der Waals surface area contributed by atoms with Gasteiger partial charge in [-0.25, -0.2) is 0 Å². The minimum absolute atomic E-state index is 0.117. The Morgan fingerprint density at radius 1 is 1.15 bits per heavy atom. The number of likely N-dealkylation sites (tertiary alicyclic amines) is 2. The Morgan fingerprint density at radius 3 is 2.85 bits per heavy atom. The molecule has 0 saturated carbocycles. The lowest BCUT2D eigenvalue weighted by Gasteiger charge is -2.36. The molecule has 2 amide bonds. The highest BCUT2D eigenvalue weighted by molar-refractivity contribution is 5.79. The molecule has 1 aromatic rings. The zero-order valence-electron chi connectivity index (χ0n) is 15.8. The molecule has 2 saturated heterocycles. The number of benzene rings is 1. The molecule has 1 atom stereocenters. The molecule has 0 aliphatic carbocycles. The summed E-state index contributed by atoms with van der Waals surface area (Å²) in [5.41, 5.74) is 1.14. The normalized spacial score (nSPS) is 21.4. The van der Waals surface area contributed by atoms with E-state index in [0.717, 1.165) is 62.9 Å². The van der Waals surface area contributed by atoms with Gasteiger partial charge in [-0.1, -0.05) is 18.6 Å². The Hall–Kier alpha value is -2.04. The summed E-state index contributed by atoms with van der Waals surface area (Å²) in [5.74, 6) is 1.20. The van der Waals surface area contributed by atoms with Crippen LogP contribution >= 0.6 is 0 Å². The van der Waals surface area contributed by atoms with Gasteiger partial charge in [-0.3, -0.25) is 9.59 Å². The molecule has 0 aromatic heterocycles. The second-order valence-electron chi connectivity index (χ2n) is 7.32. The highest BCUT2D eigenvalue weighted by atomic mass is 16.5. The van der Waals surface area contributed by atoms with Gasteiger partial charge in [0.05, 0.1) is 13.2 Å². The van der Waals surface area contributed by atoms with Crippen molar-refractivity contribution >= 4 is 11.8 Å². The number of piperidine rings is 1. The molecule has 0 bridgehead atoms. The average Bonchev–Trinajstić information content (AvgIpc) is 2.90. The van der Waals surface area contributed by atoms with Crippen molar-refractivity contribution in [2.45, 2.75) is 57.4 Å². The smallest absolute Gasteiger partial charge is 0.224 e. The van der Waals surface area contributed by atoms with Crippen LogP contribution in [0.2, 0.25) is 0 Å². The average molecular weight is 358 g/mol. The van der Waals surface area contributed by atoms with E-state index in [1.165, 1.54) is 0 Å². The predicted molar refractivity (Wildman–Crippen MR) is 101 cm³/mol. The van der Waals surface area contributed by atoms with E-state index in [4.69, 9.17) is 4.74 Å². The van der Waals surface area contributed by atoms with Gasteiger partial charge in [0, 0.05) is 32.5 Å². The molecule has 0 N–H and O–H groups in total. The van der Waals surface area contributed by atoms with Gasteiger partial charge in [0.25, 0.3) is 0 Å². The number of hydrogen-bond acceptors (Lipinski definition) is 3. The summed E-state index contributed by atoms with van der Waals surface area (Å²) in [6, 6.07) is 8.16. The number of carbonyl (C=O) groups is 2. The summed E-state index contributed by atoms with van der Waals surface area (Å²) < 4.78 is 5.34. The van der Waals surface area contributed by atoms with E-state index in [1.54, 1.807) is 7.11 Å². The van der Waals surface area contributed by atoms with Crippen molar-refractivity contribution < 1.29 is 14.3 Å². The molecule has 2 fully saturated rings.